The van der Waals surface area contributed by atoms with E-state index in [0.717, 1.165) is 12.8 Å². The van der Waals surface area contributed by atoms with Crippen molar-refractivity contribution in [2.75, 3.05) is 0 Å². The van der Waals surface area contributed by atoms with Crippen LogP contribution >= 0.6 is 0 Å². The third kappa shape index (κ3) is 2.93. The summed E-state index contributed by atoms with van der Waals surface area (Å²) in [6.45, 7) is 6.79. The van der Waals surface area contributed by atoms with E-state index >= 15 is 0 Å². The van der Waals surface area contributed by atoms with Crippen molar-refractivity contribution in [1.29, 1.82) is 0 Å². The van der Waals surface area contributed by atoms with Crippen LogP contribution in [0, 0.1) is 0 Å². The standard InChI is InChI=1S/C39H31B/c1-3-22-39-34-31(40)21-23-38(2,37(34)39)35-32(26-15-9-5-10-16-26)29-20-19-28(25-13-7-4-8-14-25)24-30(29)33(36(35)39)27-17-11-6-12-18-27/h3-21,24H,1,22-23,40H2,2H3. The Hall–Kier alpha value is -4.36. The van der Waals surface area contributed by atoms with Gasteiger partial charge in [0.15, 0.2) is 0 Å². The Morgan fingerprint density at radius 1 is 0.700 bits per heavy atom. The molecular weight excluding hydrogens is 479 g/mol. The van der Waals surface area contributed by atoms with Crippen LogP contribution in [0.15, 0.2) is 145 Å². The molecule has 0 nitrogen and oxygen atoms in total. The second-order valence-electron chi connectivity index (χ2n) is 11.9. The van der Waals surface area contributed by atoms with E-state index in [2.05, 4.69) is 143 Å². The molecule has 0 bridgehead atoms. The molecule has 3 aliphatic rings. The monoisotopic (exact) mass is 510 g/mol. The van der Waals surface area contributed by atoms with Crippen molar-refractivity contribution in [1.82, 2.24) is 0 Å². The Balaban J connectivity index is 1.59. The SMILES string of the molecule is BC1=CCC2(C)C3=C1C3(CC=C)c1c2c(-c2ccccc2)c2ccc(-c3ccccc3)cc2c1-c1ccccc1. The lowest BCUT2D eigenvalue weighted by Crippen LogP contribution is -2.22. The predicted octanol–water partition coefficient (Wildman–Crippen LogP) is 9.16. The van der Waals surface area contributed by atoms with Crippen LogP contribution in [0.4, 0.5) is 0 Å². The van der Waals surface area contributed by atoms with Gasteiger partial charge in [0, 0.05) is 10.8 Å². The van der Waals surface area contributed by atoms with Gasteiger partial charge in [0.25, 0.3) is 0 Å². The Bertz CT molecular complexity index is 1910. The van der Waals surface area contributed by atoms with E-state index in [-0.39, 0.29) is 10.8 Å². The molecule has 0 amide bonds. The second kappa shape index (κ2) is 8.32. The fourth-order valence-corrected chi connectivity index (χ4v) is 8.25. The summed E-state index contributed by atoms with van der Waals surface area (Å²) >= 11 is 0. The highest BCUT2D eigenvalue weighted by atomic mass is 14.7. The maximum absolute atomic E-state index is 4.28. The van der Waals surface area contributed by atoms with E-state index in [1.807, 2.05) is 0 Å². The van der Waals surface area contributed by atoms with E-state index in [9.17, 15) is 0 Å². The normalized spacial score (nSPS) is 22.1. The van der Waals surface area contributed by atoms with Gasteiger partial charge in [0.05, 0.1) is 0 Å². The third-order valence-corrected chi connectivity index (χ3v) is 9.77. The quantitative estimate of drug-likeness (QED) is 0.163. The molecule has 0 N–H and O–H groups in total. The van der Waals surface area contributed by atoms with Crippen LogP contribution in [0.1, 0.15) is 30.9 Å². The van der Waals surface area contributed by atoms with Gasteiger partial charge in [0.1, 0.15) is 7.85 Å². The average Bonchev–Trinajstić information content (AvgIpc) is 3.64. The zero-order valence-corrected chi connectivity index (χ0v) is 23.2. The van der Waals surface area contributed by atoms with Gasteiger partial charge in [-0.15, -0.1) is 6.58 Å². The molecule has 2 atom stereocenters. The molecule has 1 heteroatoms. The van der Waals surface area contributed by atoms with Gasteiger partial charge in [0.2, 0.25) is 0 Å². The van der Waals surface area contributed by atoms with Crippen LogP contribution in [0.5, 0.6) is 0 Å². The van der Waals surface area contributed by atoms with E-state index in [0.29, 0.717) is 0 Å². The molecule has 0 radical (unpaired) electrons. The van der Waals surface area contributed by atoms with Crippen LogP contribution in [-0.2, 0) is 10.8 Å². The fraction of sp³-hybridized carbons (Fsp3) is 0.128. The lowest BCUT2D eigenvalue weighted by atomic mass is 9.67. The smallest absolute Gasteiger partial charge is 0.103 e. The van der Waals surface area contributed by atoms with Crippen molar-refractivity contribution in [2.45, 2.75) is 30.6 Å². The minimum Gasteiger partial charge on any atom is -0.103 e. The highest BCUT2D eigenvalue weighted by Crippen LogP contribution is 2.77. The Labute approximate surface area is 237 Å². The predicted molar refractivity (Wildman–Crippen MR) is 172 cm³/mol. The first-order chi connectivity index (χ1) is 19.6. The first kappa shape index (κ1) is 23.5. The molecule has 3 aliphatic carbocycles. The van der Waals surface area contributed by atoms with Crippen molar-refractivity contribution in [2.24, 2.45) is 0 Å². The number of allylic oxidation sites excluding steroid dienone is 5. The number of hydrogen-bond acceptors (Lipinski definition) is 0. The molecule has 2 unspecified atom stereocenters. The molecule has 0 aromatic heterocycles. The lowest BCUT2D eigenvalue weighted by Gasteiger charge is -2.33. The molecule has 0 aliphatic heterocycles. The summed E-state index contributed by atoms with van der Waals surface area (Å²) in [4.78, 5) is 0. The van der Waals surface area contributed by atoms with Crippen LogP contribution in [0.25, 0.3) is 44.2 Å². The van der Waals surface area contributed by atoms with Crippen LogP contribution in [0.2, 0.25) is 0 Å². The summed E-state index contributed by atoms with van der Waals surface area (Å²) in [7, 11) is 2.32. The fourth-order valence-electron chi connectivity index (χ4n) is 8.25. The Morgan fingerprint density at radius 2 is 1.27 bits per heavy atom. The molecule has 40 heavy (non-hydrogen) atoms. The van der Waals surface area contributed by atoms with Gasteiger partial charge in [-0.3, -0.25) is 0 Å². The maximum atomic E-state index is 4.28. The molecule has 0 saturated carbocycles. The topological polar surface area (TPSA) is 0 Å². The van der Waals surface area contributed by atoms with Crippen LogP contribution < -0.4 is 0 Å². The maximum Gasteiger partial charge on any atom is 0.139 e. The average molecular weight is 510 g/mol. The van der Waals surface area contributed by atoms with Gasteiger partial charge < -0.3 is 0 Å². The molecule has 190 valence electrons. The van der Waals surface area contributed by atoms with E-state index < -0.39 is 0 Å². The number of fused-ring (bicyclic) bond motifs is 5. The first-order valence-corrected chi connectivity index (χ1v) is 14.4. The van der Waals surface area contributed by atoms with Crippen molar-refractivity contribution in [3.8, 4) is 33.4 Å². The highest BCUT2D eigenvalue weighted by Gasteiger charge is 2.69. The Morgan fingerprint density at radius 3 is 1.88 bits per heavy atom. The lowest BCUT2D eigenvalue weighted by molar-refractivity contribution is 0.584. The molecular formula is C39H31B. The van der Waals surface area contributed by atoms with Crippen molar-refractivity contribution < 1.29 is 0 Å². The van der Waals surface area contributed by atoms with Gasteiger partial charge >= 0.3 is 0 Å². The number of rotatable bonds is 5. The molecule has 0 heterocycles. The summed E-state index contributed by atoms with van der Waals surface area (Å²) in [5, 5.41) is 2.68. The minimum atomic E-state index is -0.0609. The van der Waals surface area contributed by atoms with E-state index in [4.69, 9.17) is 0 Å². The van der Waals surface area contributed by atoms with Crippen LogP contribution in [0.3, 0.4) is 0 Å². The molecule has 0 fully saturated rings. The molecule has 8 rings (SSSR count). The van der Waals surface area contributed by atoms with Crippen molar-refractivity contribution >= 4 is 18.6 Å². The summed E-state index contributed by atoms with van der Waals surface area (Å²) in [5.74, 6) is 0. The van der Waals surface area contributed by atoms with Gasteiger partial charge in [-0.25, -0.2) is 0 Å². The summed E-state index contributed by atoms with van der Waals surface area (Å²) in [5.41, 5.74) is 15.6. The Kier molecular flexibility index (Phi) is 4.89. The van der Waals surface area contributed by atoms with Crippen molar-refractivity contribution in [3.05, 3.63) is 156 Å². The number of benzene rings is 5. The van der Waals surface area contributed by atoms with Gasteiger partial charge in [-0.1, -0.05) is 128 Å². The molecule has 0 spiro atoms. The second-order valence-corrected chi connectivity index (χ2v) is 11.9. The molecule has 5 aromatic rings. The summed E-state index contributed by atoms with van der Waals surface area (Å²) in [6, 6.07) is 40.2. The molecule has 5 aromatic carbocycles. The molecule has 0 saturated heterocycles. The summed E-state index contributed by atoms with van der Waals surface area (Å²) in [6.07, 6.45) is 6.64. The third-order valence-electron chi connectivity index (χ3n) is 9.77. The van der Waals surface area contributed by atoms with E-state index in [1.54, 1.807) is 11.1 Å². The zero-order chi connectivity index (χ0) is 27.1. The highest BCUT2D eigenvalue weighted by molar-refractivity contribution is 6.27. The zero-order valence-electron chi connectivity index (χ0n) is 23.2. The minimum absolute atomic E-state index is 0.0197. The van der Waals surface area contributed by atoms with Gasteiger partial charge in [-0.2, -0.15) is 0 Å². The first-order valence-electron chi connectivity index (χ1n) is 14.4. The van der Waals surface area contributed by atoms with Crippen molar-refractivity contribution in [3.63, 3.8) is 0 Å². The van der Waals surface area contributed by atoms with Crippen LogP contribution in [-0.4, -0.2) is 7.85 Å². The van der Waals surface area contributed by atoms with Gasteiger partial charge in [-0.05, 0) is 85.3 Å². The van der Waals surface area contributed by atoms with E-state index in [1.165, 1.54) is 60.8 Å². The summed E-state index contributed by atoms with van der Waals surface area (Å²) < 4.78 is 0. The number of hydrogen-bond donors (Lipinski definition) is 0. The largest absolute Gasteiger partial charge is 0.139 e.